The fourth-order valence-electron chi connectivity index (χ4n) is 1.16. The van der Waals surface area contributed by atoms with E-state index in [0.29, 0.717) is 6.54 Å². The predicted molar refractivity (Wildman–Crippen MR) is 57.6 cm³/mol. The van der Waals surface area contributed by atoms with Crippen LogP contribution in [0, 0.1) is 13.8 Å². The van der Waals surface area contributed by atoms with Crippen LogP contribution < -0.4 is 5.32 Å². The quantitative estimate of drug-likeness (QED) is 0.842. The third kappa shape index (κ3) is 1.96. The van der Waals surface area contributed by atoms with Crippen LogP contribution in [0.5, 0.6) is 0 Å². The maximum atomic E-state index is 5.44. The molecule has 0 bridgehead atoms. The minimum Gasteiger partial charge on any atom is -0.444 e. The molecule has 0 spiro atoms. The topological polar surface area (TPSA) is 38.1 Å². The van der Waals surface area contributed by atoms with E-state index < -0.39 is 0 Å². The van der Waals surface area contributed by atoms with E-state index in [0.717, 1.165) is 23.0 Å². The van der Waals surface area contributed by atoms with Crippen molar-refractivity contribution in [2.45, 2.75) is 20.4 Å². The zero-order valence-corrected chi connectivity index (χ0v) is 9.02. The molecule has 0 fully saturated rings. The monoisotopic (exact) mass is 208 g/mol. The number of nitrogens with one attached hydrogen (secondary N) is 1. The van der Waals surface area contributed by atoms with Crippen molar-refractivity contribution in [1.82, 2.24) is 4.98 Å². The van der Waals surface area contributed by atoms with Gasteiger partial charge in [0.25, 0.3) is 0 Å². The molecule has 0 aliphatic carbocycles. The summed E-state index contributed by atoms with van der Waals surface area (Å²) in [5.41, 5.74) is 2.08. The van der Waals surface area contributed by atoms with Gasteiger partial charge in [0.1, 0.15) is 5.76 Å². The van der Waals surface area contributed by atoms with Gasteiger partial charge in [-0.15, -0.1) is 0 Å². The number of rotatable bonds is 3. The molecular formula is C10H12N2OS. The third-order valence-electron chi connectivity index (χ3n) is 2.04. The molecule has 0 saturated carbocycles. The molecule has 2 aromatic rings. The van der Waals surface area contributed by atoms with Gasteiger partial charge >= 0.3 is 0 Å². The highest BCUT2D eigenvalue weighted by atomic mass is 32.1. The second-order valence-corrected chi connectivity index (χ2v) is 3.89. The molecule has 0 amide bonds. The lowest BCUT2D eigenvalue weighted by Crippen LogP contribution is -1.98. The van der Waals surface area contributed by atoms with E-state index in [-0.39, 0.29) is 0 Å². The van der Waals surface area contributed by atoms with Crippen molar-refractivity contribution in [3.8, 4) is 0 Å². The molecule has 0 saturated heterocycles. The molecule has 1 N–H and O–H groups in total. The molecule has 0 radical (unpaired) electrons. The standard InChI is InChI=1S/C10H12N2OS/c1-7-8(2)13-10(12-7)5-11-9-3-4-14-6-9/h3-4,6,11H,5H2,1-2H3. The van der Waals surface area contributed by atoms with Crippen molar-refractivity contribution >= 4 is 17.0 Å². The van der Waals surface area contributed by atoms with Gasteiger partial charge < -0.3 is 9.73 Å². The highest BCUT2D eigenvalue weighted by Crippen LogP contribution is 2.14. The zero-order chi connectivity index (χ0) is 9.97. The number of aryl methyl sites for hydroxylation is 2. The van der Waals surface area contributed by atoms with E-state index in [4.69, 9.17) is 4.42 Å². The Hall–Kier alpha value is -1.29. The number of hydrogen-bond donors (Lipinski definition) is 1. The molecule has 3 nitrogen and oxygen atoms in total. The summed E-state index contributed by atoms with van der Waals surface area (Å²) in [6.07, 6.45) is 0. The summed E-state index contributed by atoms with van der Waals surface area (Å²) in [6, 6.07) is 2.04. The van der Waals surface area contributed by atoms with Crippen LogP contribution in [-0.4, -0.2) is 4.98 Å². The van der Waals surface area contributed by atoms with Crippen molar-refractivity contribution < 1.29 is 4.42 Å². The van der Waals surface area contributed by atoms with Gasteiger partial charge in [0.15, 0.2) is 0 Å². The number of oxazole rings is 1. The Labute approximate surface area is 86.8 Å². The number of nitrogens with zero attached hydrogens (tertiary/aromatic N) is 1. The summed E-state index contributed by atoms with van der Waals surface area (Å²) >= 11 is 1.67. The molecular weight excluding hydrogens is 196 g/mol. The molecule has 2 aromatic heterocycles. The first kappa shape index (κ1) is 9.27. The van der Waals surface area contributed by atoms with Gasteiger partial charge in [0.05, 0.1) is 12.2 Å². The summed E-state index contributed by atoms with van der Waals surface area (Å²) in [5.74, 6) is 1.64. The van der Waals surface area contributed by atoms with Crippen LogP contribution in [0.15, 0.2) is 21.2 Å². The first-order valence-electron chi connectivity index (χ1n) is 4.44. The SMILES string of the molecule is Cc1nc(CNc2ccsc2)oc1C. The van der Waals surface area contributed by atoms with Crippen LogP contribution in [0.4, 0.5) is 5.69 Å². The maximum Gasteiger partial charge on any atom is 0.213 e. The molecule has 2 rings (SSSR count). The van der Waals surface area contributed by atoms with Crippen molar-refractivity contribution in [2.24, 2.45) is 0 Å². The Bertz CT molecular complexity index is 386. The Balaban J connectivity index is 1.98. The molecule has 14 heavy (non-hydrogen) atoms. The van der Waals surface area contributed by atoms with Gasteiger partial charge in [-0.25, -0.2) is 4.98 Å². The van der Waals surface area contributed by atoms with Crippen molar-refractivity contribution in [3.63, 3.8) is 0 Å². The number of thiophene rings is 1. The van der Waals surface area contributed by atoms with Gasteiger partial charge in [-0.05, 0) is 25.3 Å². The van der Waals surface area contributed by atoms with Crippen molar-refractivity contribution in [2.75, 3.05) is 5.32 Å². The van der Waals surface area contributed by atoms with E-state index in [1.807, 2.05) is 25.3 Å². The molecule has 4 heteroatoms. The fourth-order valence-corrected chi connectivity index (χ4v) is 1.77. The molecule has 2 heterocycles. The molecule has 0 aromatic carbocycles. The molecule has 0 unspecified atom stereocenters. The van der Waals surface area contributed by atoms with Gasteiger partial charge in [-0.3, -0.25) is 0 Å². The average Bonchev–Trinajstić information content (AvgIpc) is 2.74. The Morgan fingerprint density at radius 1 is 1.50 bits per heavy atom. The van der Waals surface area contributed by atoms with E-state index in [2.05, 4.69) is 15.7 Å². The maximum absolute atomic E-state index is 5.44. The van der Waals surface area contributed by atoms with Crippen LogP contribution in [0.3, 0.4) is 0 Å². The smallest absolute Gasteiger partial charge is 0.213 e. The molecule has 0 atom stereocenters. The first-order chi connectivity index (χ1) is 6.75. The number of aromatic nitrogens is 1. The summed E-state index contributed by atoms with van der Waals surface area (Å²) in [4.78, 5) is 4.28. The zero-order valence-electron chi connectivity index (χ0n) is 8.20. The van der Waals surface area contributed by atoms with E-state index >= 15 is 0 Å². The van der Waals surface area contributed by atoms with Crippen LogP contribution in [0.1, 0.15) is 17.3 Å². The van der Waals surface area contributed by atoms with Gasteiger partial charge in [-0.2, -0.15) is 11.3 Å². The minimum atomic E-state index is 0.644. The lowest BCUT2D eigenvalue weighted by molar-refractivity contribution is 0.478. The summed E-state index contributed by atoms with van der Waals surface area (Å²) in [6.45, 7) is 4.52. The molecule has 74 valence electrons. The van der Waals surface area contributed by atoms with Crippen LogP contribution >= 0.6 is 11.3 Å². The Kier molecular flexibility index (Phi) is 2.54. The fraction of sp³-hybridized carbons (Fsp3) is 0.300. The largest absolute Gasteiger partial charge is 0.444 e. The normalized spacial score (nSPS) is 10.4. The predicted octanol–water partition coefficient (Wildman–Crippen LogP) is 2.97. The van der Waals surface area contributed by atoms with E-state index in [9.17, 15) is 0 Å². The number of hydrogen-bond acceptors (Lipinski definition) is 4. The summed E-state index contributed by atoms with van der Waals surface area (Å²) < 4.78 is 5.44. The third-order valence-corrected chi connectivity index (χ3v) is 2.72. The Morgan fingerprint density at radius 2 is 2.36 bits per heavy atom. The van der Waals surface area contributed by atoms with Crippen molar-refractivity contribution in [3.05, 3.63) is 34.2 Å². The van der Waals surface area contributed by atoms with Gasteiger partial charge in [-0.1, -0.05) is 0 Å². The summed E-state index contributed by atoms with van der Waals surface area (Å²) in [5, 5.41) is 7.33. The lowest BCUT2D eigenvalue weighted by Gasteiger charge is -1.98. The second-order valence-electron chi connectivity index (χ2n) is 3.11. The van der Waals surface area contributed by atoms with E-state index in [1.165, 1.54) is 0 Å². The van der Waals surface area contributed by atoms with Crippen LogP contribution in [-0.2, 0) is 6.54 Å². The van der Waals surface area contributed by atoms with Gasteiger partial charge in [0, 0.05) is 11.1 Å². The minimum absolute atomic E-state index is 0.644. The molecule has 0 aliphatic rings. The lowest BCUT2D eigenvalue weighted by atomic mass is 10.4. The average molecular weight is 208 g/mol. The van der Waals surface area contributed by atoms with Gasteiger partial charge in [0.2, 0.25) is 5.89 Å². The Morgan fingerprint density at radius 3 is 2.93 bits per heavy atom. The van der Waals surface area contributed by atoms with Crippen LogP contribution in [0.25, 0.3) is 0 Å². The molecule has 0 aliphatic heterocycles. The first-order valence-corrected chi connectivity index (χ1v) is 5.39. The second kappa shape index (κ2) is 3.84. The van der Waals surface area contributed by atoms with E-state index in [1.54, 1.807) is 11.3 Å². The highest BCUT2D eigenvalue weighted by Gasteiger charge is 2.04. The number of anilines is 1. The highest BCUT2D eigenvalue weighted by molar-refractivity contribution is 7.08. The van der Waals surface area contributed by atoms with Crippen LogP contribution in [0.2, 0.25) is 0 Å². The van der Waals surface area contributed by atoms with Crippen molar-refractivity contribution in [1.29, 1.82) is 0 Å². The summed E-state index contributed by atoms with van der Waals surface area (Å²) in [7, 11) is 0.